The van der Waals surface area contributed by atoms with Gasteiger partial charge in [-0.25, -0.2) is 17.6 Å². The molecule has 1 nitrogen and oxygen atoms in total. The highest BCUT2D eigenvalue weighted by Crippen LogP contribution is 2.30. The molecule has 0 amide bonds. The van der Waals surface area contributed by atoms with Crippen LogP contribution < -0.4 is 5.73 Å². The van der Waals surface area contributed by atoms with E-state index in [-0.39, 0.29) is 12.4 Å². The van der Waals surface area contributed by atoms with Gasteiger partial charge in [-0.1, -0.05) is 11.6 Å². The Morgan fingerprint density at radius 3 is 2.07 bits per heavy atom. The molecule has 0 aliphatic carbocycles. The molecule has 0 bridgehead atoms. The predicted molar refractivity (Wildman–Crippen MR) is 51.5 cm³/mol. The first-order valence-corrected chi connectivity index (χ1v) is 4.00. The molecule has 1 atom stereocenters. The molecule has 0 radical (unpaired) electrons. The molecule has 0 saturated carbocycles. The number of benzene rings is 1. The van der Waals surface area contributed by atoms with Crippen molar-refractivity contribution in [2.75, 3.05) is 0 Å². The van der Waals surface area contributed by atoms with E-state index in [9.17, 15) is 17.6 Å². The third kappa shape index (κ3) is 2.96. The van der Waals surface area contributed by atoms with Crippen LogP contribution in [0.3, 0.4) is 0 Å². The summed E-state index contributed by atoms with van der Waals surface area (Å²) in [5, 5.41) is -0.696. The van der Waals surface area contributed by atoms with E-state index in [2.05, 4.69) is 0 Å². The molecule has 0 saturated heterocycles. The summed E-state index contributed by atoms with van der Waals surface area (Å²) in [5.41, 5.74) is 4.27. The maximum Gasteiger partial charge on any atom is 0.257 e. The van der Waals surface area contributed by atoms with Crippen molar-refractivity contribution in [3.05, 3.63) is 34.4 Å². The van der Waals surface area contributed by atoms with Crippen molar-refractivity contribution in [1.82, 2.24) is 0 Å². The highest BCUT2D eigenvalue weighted by atomic mass is 35.5. The van der Waals surface area contributed by atoms with Gasteiger partial charge in [-0.3, -0.25) is 0 Å². The third-order valence-corrected chi connectivity index (χ3v) is 2.07. The van der Waals surface area contributed by atoms with Crippen molar-refractivity contribution < 1.29 is 17.6 Å². The van der Waals surface area contributed by atoms with Crippen LogP contribution in [0.15, 0.2) is 12.1 Å². The van der Waals surface area contributed by atoms with E-state index in [1.165, 1.54) is 0 Å². The lowest BCUT2D eigenvalue weighted by atomic mass is 10.1. The zero-order valence-corrected chi connectivity index (χ0v) is 8.76. The molecular formula is C8H7Cl2F4N. The van der Waals surface area contributed by atoms with Crippen molar-refractivity contribution in [3.8, 4) is 0 Å². The van der Waals surface area contributed by atoms with E-state index < -0.39 is 34.7 Å². The minimum Gasteiger partial charge on any atom is -0.319 e. The Morgan fingerprint density at radius 1 is 1.13 bits per heavy atom. The van der Waals surface area contributed by atoms with Crippen LogP contribution in [0.4, 0.5) is 17.6 Å². The number of nitrogens with two attached hydrogens (primary N) is 1. The molecule has 0 aliphatic heterocycles. The molecule has 1 aromatic carbocycles. The Balaban J connectivity index is 0.00000196. The van der Waals surface area contributed by atoms with Gasteiger partial charge in [-0.2, -0.15) is 0 Å². The zero-order valence-electron chi connectivity index (χ0n) is 7.18. The van der Waals surface area contributed by atoms with Crippen LogP contribution in [0.2, 0.25) is 5.02 Å². The van der Waals surface area contributed by atoms with Gasteiger partial charge in [0, 0.05) is 5.56 Å². The average molecular weight is 264 g/mol. The summed E-state index contributed by atoms with van der Waals surface area (Å²) in [6.07, 6.45) is -3.00. The van der Waals surface area contributed by atoms with Crippen molar-refractivity contribution in [3.63, 3.8) is 0 Å². The molecule has 15 heavy (non-hydrogen) atoms. The summed E-state index contributed by atoms with van der Waals surface area (Å²) in [4.78, 5) is 0. The van der Waals surface area contributed by atoms with Crippen molar-refractivity contribution in [1.29, 1.82) is 0 Å². The Bertz CT molecular complexity index is 346. The van der Waals surface area contributed by atoms with Gasteiger partial charge >= 0.3 is 0 Å². The van der Waals surface area contributed by atoms with Gasteiger partial charge in [0.25, 0.3) is 6.43 Å². The maximum atomic E-state index is 13.0. The van der Waals surface area contributed by atoms with E-state index in [0.717, 1.165) is 6.07 Å². The average Bonchev–Trinajstić information content (AvgIpc) is 2.12. The molecule has 0 heterocycles. The Morgan fingerprint density at radius 2 is 1.60 bits per heavy atom. The molecule has 0 aliphatic rings. The number of hydrogen-bond donors (Lipinski definition) is 1. The van der Waals surface area contributed by atoms with Gasteiger partial charge in [0.15, 0.2) is 0 Å². The Hall–Kier alpha value is -0.520. The second-order valence-corrected chi connectivity index (χ2v) is 3.00. The maximum absolute atomic E-state index is 13.0. The first-order valence-electron chi connectivity index (χ1n) is 3.62. The minimum absolute atomic E-state index is 0. The number of halogens is 6. The van der Waals surface area contributed by atoms with E-state index in [1.54, 1.807) is 0 Å². The molecule has 86 valence electrons. The quantitative estimate of drug-likeness (QED) is 0.643. The van der Waals surface area contributed by atoms with Crippen LogP contribution in [0, 0.1) is 11.6 Å². The van der Waals surface area contributed by atoms with Crippen LogP contribution in [-0.2, 0) is 0 Å². The molecule has 0 spiro atoms. The second kappa shape index (κ2) is 5.53. The summed E-state index contributed by atoms with van der Waals surface area (Å²) < 4.78 is 50.0. The number of alkyl halides is 2. The highest BCUT2D eigenvalue weighted by molar-refractivity contribution is 6.31. The molecule has 0 fully saturated rings. The fraction of sp³-hybridized carbons (Fsp3) is 0.250. The molecular weight excluding hydrogens is 257 g/mol. The molecule has 1 rings (SSSR count). The number of rotatable bonds is 2. The summed E-state index contributed by atoms with van der Waals surface area (Å²) in [7, 11) is 0. The van der Waals surface area contributed by atoms with Crippen LogP contribution in [0.25, 0.3) is 0 Å². The summed E-state index contributed by atoms with van der Waals surface area (Å²) in [6, 6.07) is -0.462. The van der Waals surface area contributed by atoms with Gasteiger partial charge in [0.05, 0.1) is 11.1 Å². The molecule has 7 heteroatoms. The third-order valence-electron chi connectivity index (χ3n) is 1.68. The summed E-state index contributed by atoms with van der Waals surface area (Å²) in [6.45, 7) is 0. The molecule has 2 N–H and O–H groups in total. The van der Waals surface area contributed by atoms with Crippen LogP contribution in [0.5, 0.6) is 0 Å². The minimum atomic E-state index is -3.00. The number of hydrogen-bond acceptors (Lipinski definition) is 1. The predicted octanol–water partition coefficient (Wildman–Crippen LogP) is 3.30. The van der Waals surface area contributed by atoms with E-state index in [4.69, 9.17) is 17.3 Å². The lowest BCUT2D eigenvalue weighted by Gasteiger charge is -2.13. The normalized spacial score (nSPS) is 12.5. The SMILES string of the molecule is Cl.N[C@H](c1c(F)ccc(F)c1Cl)C(F)F. The van der Waals surface area contributed by atoms with Crippen LogP contribution in [-0.4, -0.2) is 6.43 Å². The Kier molecular flexibility index (Phi) is 5.34. The summed E-state index contributed by atoms with van der Waals surface area (Å²) >= 11 is 5.31. The first kappa shape index (κ1) is 14.5. The lowest BCUT2D eigenvalue weighted by Crippen LogP contribution is -2.21. The molecule has 0 aromatic heterocycles. The van der Waals surface area contributed by atoms with Gasteiger partial charge in [-0.05, 0) is 12.1 Å². The van der Waals surface area contributed by atoms with E-state index >= 15 is 0 Å². The monoisotopic (exact) mass is 263 g/mol. The fourth-order valence-electron chi connectivity index (χ4n) is 0.974. The van der Waals surface area contributed by atoms with Gasteiger partial charge < -0.3 is 5.73 Å². The lowest BCUT2D eigenvalue weighted by molar-refractivity contribution is 0.114. The summed E-state index contributed by atoms with van der Waals surface area (Å²) in [5.74, 6) is -2.01. The smallest absolute Gasteiger partial charge is 0.257 e. The molecule has 1 aromatic rings. The van der Waals surface area contributed by atoms with Gasteiger partial charge in [-0.15, -0.1) is 12.4 Å². The fourth-order valence-corrected chi connectivity index (χ4v) is 1.25. The Labute approximate surface area is 94.6 Å². The van der Waals surface area contributed by atoms with Gasteiger partial charge in [0.2, 0.25) is 0 Å². The van der Waals surface area contributed by atoms with E-state index in [1.807, 2.05) is 0 Å². The zero-order chi connectivity index (χ0) is 10.9. The topological polar surface area (TPSA) is 26.0 Å². The standard InChI is InChI=1S/C8H6ClF4N.ClH/c9-6-4(11)2-1-3(10)5(6)7(14)8(12)13;/h1-2,7-8H,14H2;1H/t7-;/m1./s1. The van der Waals surface area contributed by atoms with E-state index in [0.29, 0.717) is 6.07 Å². The van der Waals surface area contributed by atoms with Crippen molar-refractivity contribution in [2.24, 2.45) is 5.73 Å². The first-order chi connectivity index (χ1) is 6.45. The largest absolute Gasteiger partial charge is 0.319 e. The van der Waals surface area contributed by atoms with Crippen LogP contribution >= 0.6 is 24.0 Å². The van der Waals surface area contributed by atoms with Crippen molar-refractivity contribution >= 4 is 24.0 Å². The van der Waals surface area contributed by atoms with Crippen molar-refractivity contribution in [2.45, 2.75) is 12.5 Å². The second-order valence-electron chi connectivity index (χ2n) is 2.62. The molecule has 0 unspecified atom stereocenters. The van der Waals surface area contributed by atoms with Gasteiger partial charge in [0.1, 0.15) is 11.6 Å². The highest BCUT2D eigenvalue weighted by Gasteiger charge is 2.25. The van der Waals surface area contributed by atoms with Crippen LogP contribution in [0.1, 0.15) is 11.6 Å².